The van der Waals surface area contributed by atoms with E-state index in [0.29, 0.717) is 11.4 Å². The van der Waals surface area contributed by atoms with Gasteiger partial charge in [-0.05, 0) is 31.2 Å². The minimum absolute atomic E-state index is 0.109. The highest BCUT2D eigenvalue weighted by Crippen LogP contribution is 2.28. The number of thiazole rings is 1. The number of aromatic nitrogens is 1. The van der Waals surface area contributed by atoms with Crippen molar-refractivity contribution >= 4 is 33.9 Å². The number of aryl methyl sites for hydroxylation is 1. The molecule has 104 valence electrons. The van der Waals surface area contributed by atoms with E-state index in [4.69, 9.17) is 21.9 Å². The second-order valence-corrected chi connectivity index (χ2v) is 6.11. The van der Waals surface area contributed by atoms with Gasteiger partial charge >= 0.3 is 0 Å². The summed E-state index contributed by atoms with van der Waals surface area (Å²) < 4.78 is 5.83. The molecule has 3 rings (SSSR count). The summed E-state index contributed by atoms with van der Waals surface area (Å²) in [7, 11) is 0. The van der Waals surface area contributed by atoms with Gasteiger partial charge in [0.2, 0.25) is 0 Å². The fourth-order valence-corrected chi connectivity index (χ4v) is 2.97. The van der Waals surface area contributed by atoms with Crippen LogP contribution in [0.5, 0.6) is 0 Å². The summed E-state index contributed by atoms with van der Waals surface area (Å²) in [6, 6.07) is 7.41. The van der Waals surface area contributed by atoms with Crippen molar-refractivity contribution in [3.05, 3.63) is 51.1 Å². The minimum Gasteiger partial charge on any atom is -0.459 e. The van der Waals surface area contributed by atoms with Crippen molar-refractivity contribution in [1.82, 2.24) is 10.4 Å². The number of hydrogen-bond acceptors (Lipinski definition) is 5. The molecule has 0 aliphatic heterocycles. The Bertz CT molecular complexity index is 737. The lowest BCUT2D eigenvalue weighted by Crippen LogP contribution is -2.29. The number of nitrogens with two attached hydrogens (primary N) is 1. The molecule has 0 fully saturated rings. The molecule has 6 heteroatoms. The van der Waals surface area contributed by atoms with Crippen LogP contribution < -0.4 is 11.3 Å². The van der Waals surface area contributed by atoms with E-state index < -0.39 is 0 Å². The zero-order chi connectivity index (χ0) is 14.1. The van der Waals surface area contributed by atoms with E-state index in [0.717, 1.165) is 27.4 Å². The lowest BCUT2D eigenvalue weighted by atomic mass is 10.1. The summed E-state index contributed by atoms with van der Waals surface area (Å²) in [6.45, 7) is 1.99. The molecule has 3 N–H and O–H groups in total. The predicted molar refractivity (Wildman–Crippen MR) is 81.8 cm³/mol. The Morgan fingerprint density at radius 2 is 2.30 bits per heavy atom. The molecule has 4 nitrogen and oxygen atoms in total. The molecular formula is C14H14ClN3OS. The quantitative estimate of drug-likeness (QED) is 0.571. The van der Waals surface area contributed by atoms with E-state index in [-0.39, 0.29) is 6.04 Å². The lowest BCUT2D eigenvalue weighted by Gasteiger charge is -2.11. The maximum Gasteiger partial charge on any atom is 0.134 e. The smallest absolute Gasteiger partial charge is 0.134 e. The first-order chi connectivity index (χ1) is 9.65. The molecule has 1 atom stereocenters. The molecule has 0 aliphatic rings. The number of halogens is 1. The molecule has 0 saturated carbocycles. The Kier molecular flexibility index (Phi) is 3.76. The van der Waals surface area contributed by atoms with Crippen LogP contribution in [0.25, 0.3) is 11.0 Å². The van der Waals surface area contributed by atoms with Gasteiger partial charge in [-0.3, -0.25) is 5.84 Å². The van der Waals surface area contributed by atoms with Crippen LogP contribution in [-0.2, 0) is 6.42 Å². The van der Waals surface area contributed by atoms with Crippen LogP contribution in [0.2, 0.25) is 5.02 Å². The maximum absolute atomic E-state index is 5.98. The number of hydrogen-bond donors (Lipinski definition) is 2. The van der Waals surface area contributed by atoms with Crippen molar-refractivity contribution in [1.29, 1.82) is 0 Å². The molecule has 0 saturated heterocycles. The minimum atomic E-state index is -0.109. The standard InChI is InChI=1S/C14H14ClN3OS/c1-8-17-11(7-20-8)6-12(18-16)14-5-9-4-10(15)2-3-13(9)19-14/h2-5,7,12,18H,6,16H2,1H3. The number of nitrogens with zero attached hydrogens (tertiary/aromatic N) is 1. The van der Waals surface area contributed by atoms with Crippen LogP contribution in [0.3, 0.4) is 0 Å². The summed E-state index contributed by atoms with van der Waals surface area (Å²) in [4.78, 5) is 4.45. The van der Waals surface area contributed by atoms with Crippen molar-refractivity contribution in [2.24, 2.45) is 5.84 Å². The van der Waals surface area contributed by atoms with Gasteiger partial charge in [0.25, 0.3) is 0 Å². The van der Waals surface area contributed by atoms with E-state index in [9.17, 15) is 0 Å². The Hall–Kier alpha value is -1.40. The van der Waals surface area contributed by atoms with E-state index in [2.05, 4.69) is 10.4 Å². The topological polar surface area (TPSA) is 64.1 Å². The van der Waals surface area contributed by atoms with Crippen molar-refractivity contribution in [3.8, 4) is 0 Å². The molecule has 20 heavy (non-hydrogen) atoms. The second kappa shape index (κ2) is 5.54. The Morgan fingerprint density at radius 1 is 1.45 bits per heavy atom. The van der Waals surface area contributed by atoms with Gasteiger partial charge in [0, 0.05) is 22.2 Å². The summed E-state index contributed by atoms with van der Waals surface area (Å²) in [6.07, 6.45) is 0.689. The summed E-state index contributed by atoms with van der Waals surface area (Å²) >= 11 is 7.61. The number of furan rings is 1. The van der Waals surface area contributed by atoms with Crippen molar-refractivity contribution in [2.75, 3.05) is 0 Å². The first kappa shape index (κ1) is 13.6. The van der Waals surface area contributed by atoms with Gasteiger partial charge in [0.05, 0.1) is 16.7 Å². The van der Waals surface area contributed by atoms with E-state index in [1.807, 2.05) is 36.6 Å². The third-order valence-corrected chi connectivity index (χ3v) is 4.18. The van der Waals surface area contributed by atoms with Crippen LogP contribution in [0, 0.1) is 6.92 Å². The molecule has 0 spiro atoms. The molecule has 0 aliphatic carbocycles. The van der Waals surface area contributed by atoms with Crippen molar-refractivity contribution < 1.29 is 4.42 Å². The van der Waals surface area contributed by atoms with E-state index in [1.165, 1.54) is 0 Å². The zero-order valence-corrected chi connectivity index (χ0v) is 12.5. The third-order valence-electron chi connectivity index (χ3n) is 3.12. The van der Waals surface area contributed by atoms with Gasteiger partial charge in [-0.1, -0.05) is 11.6 Å². The molecule has 2 aromatic heterocycles. The number of benzene rings is 1. The van der Waals surface area contributed by atoms with Crippen LogP contribution >= 0.6 is 22.9 Å². The van der Waals surface area contributed by atoms with Gasteiger partial charge in [-0.2, -0.15) is 0 Å². The molecule has 0 bridgehead atoms. The first-order valence-electron chi connectivity index (χ1n) is 6.22. The lowest BCUT2D eigenvalue weighted by molar-refractivity contribution is 0.432. The maximum atomic E-state index is 5.98. The largest absolute Gasteiger partial charge is 0.459 e. The highest BCUT2D eigenvalue weighted by molar-refractivity contribution is 7.09. The summed E-state index contributed by atoms with van der Waals surface area (Å²) in [5.74, 6) is 6.44. The molecule has 1 aromatic carbocycles. The number of rotatable bonds is 4. The van der Waals surface area contributed by atoms with Gasteiger partial charge in [0.15, 0.2) is 0 Å². The van der Waals surface area contributed by atoms with Crippen LogP contribution in [0.4, 0.5) is 0 Å². The highest BCUT2D eigenvalue weighted by atomic mass is 35.5. The summed E-state index contributed by atoms with van der Waals surface area (Å²) in [5.41, 5.74) is 4.60. The fourth-order valence-electron chi connectivity index (χ4n) is 2.16. The molecular weight excluding hydrogens is 294 g/mol. The molecule has 2 heterocycles. The predicted octanol–water partition coefficient (Wildman–Crippen LogP) is 3.60. The third kappa shape index (κ3) is 2.71. The van der Waals surface area contributed by atoms with E-state index in [1.54, 1.807) is 11.3 Å². The van der Waals surface area contributed by atoms with Gasteiger partial charge in [-0.25, -0.2) is 10.4 Å². The van der Waals surface area contributed by atoms with Gasteiger partial charge in [-0.15, -0.1) is 11.3 Å². The average Bonchev–Trinajstić information content (AvgIpc) is 3.01. The Balaban J connectivity index is 1.90. The number of hydrazine groups is 1. The monoisotopic (exact) mass is 307 g/mol. The zero-order valence-electron chi connectivity index (χ0n) is 10.9. The molecule has 3 aromatic rings. The van der Waals surface area contributed by atoms with Crippen molar-refractivity contribution in [3.63, 3.8) is 0 Å². The second-order valence-electron chi connectivity index (χ2n) is 4.61. The Morgan fingerprint density at radius 3 is 3.00 bits per heavy atom. The van der Waals surface area contributed by atoms with Crippen molar-refractivity contribution in [2.45, 2.75) is 19.4 Å². The molecule has 0 amide bonds. The molecule has 1 unspecified atom stereocenters. The van der Waals surface area contributed by atoms with E-state index >= 15 is 0 Å². The van der Waals surface area contributed by atoms with Crippen LogP contribution in [-0.4, -0.2) is 4.98 Å². The van der Waals surface area contributed by atoms with Crippen LogP contribution in [0.15, 0.2) is 34.1 Å². The normalized spacial score (nSPS) is 12.9. The van der Waals surface area contributed by atoms with Gasteiger partial charge < -0.3 is 4.42 Å². The van der Waals surface area contributed by atoms with Gasteiger partial charge in [0.1, 0.15) is 11.3 Å². The number of fused-ring (bicyclic) bond motifs is 1. The Labute approximate surface area is 125 Å². The summed E-state index contributed by atoms with van der Waals surface area (Å²) in [5, 5.41) is 4.76. The van der Waals surface area contributed by atoms with Crippen LogP contribution in [0.1, 0.15) is 22.5 Å². The highest BCUT2D eigenvalue weighted by Gasteiger charge is 2.17. The molecule has 0 radical (unpaired) electrons. The average molecular weight is 308 g/mol. The fraction of sp³-hybridized carbons (Fsp3) is 0.214. The number of nitrogens with one attached hydrogen (secondary N) is 1. The first-order valence-corrected chi connectivity index (χ1v) is 7.47. The SMILES string of the molecule is Cc1nc(CC(NN)c2cc3cc(Cl)ccc3o2)cs1.